The predicted molar refractivity (Wildman–Crippen MR) is 80.4 cm³/mol. The molecule has 0 bridgehead atoms. The second kappa shape index (κ2) is 6.66. The Balaban J connectivity index is 1.50. The van der Waals surface area contributed by atoms with Crippen LogP contribution in [0, 0.1) is 0 Å². The first-order chi connectivity index (χ1) is 9.92. The average Bonchev–Trinajstić information content (AvgIpc) is 2.98. The highest BCUT2D eigenvalue weighted by atomic mass is 15.4. The Hall–Kier alpha value is -1.68. The molecule has 1 aliphatic rings. The van der Waals surface area contributed by atoms with E-state index in [2.05, 4.69) is 27.3 Å². The Kier molecular flexibility index (Phi) is 4.43. The molecule has 1 saturated heterocycles. The molecule has 0 spiro atoms. The first-order valence-electron chi connectivity index (χ1n) is 7.60. The monoisotopic (exact) mass is 270 g/mol. The molecule has 0 unspecified atom stereocenters. The van der Waals surface area contributed by atoms with E-state index in [-0.39, 0.29) is 0 Å². The van der Waals surface area contributed by atoms with Gasteiger partial charge in [0.05, 0.1) is 6.20 Å². The third-order valence-electron chi connectivity index (χ3n) is 3.92. The number of aryl methyl sites for hydroxylation is 1. The van der Waals surface area contributed by atoms with E-state index >= 15 is 0 Å². The van der Waals surface area contributed by atoms with Gasteiger partial charge in [-0.1, -0.05) is 42.0 Å². The van der Waals surface area contributed by atoms with Crippen LogP contribution < -0.4 is 0 Å². The molecule has 20 heavy (non-hydrogen) atoms. The topological polar surface area (TPSA) is 34.0 Å². The van der Waals surface area contributed by atoms with E-state index in [1.54, 1.807) is 0 Å². The zero-order chi connectivity index (χ0) is 13.6. The minimum Gasteiger partial charge on any atom is -0.303 e. The summed E-state index contributed by atoms with van der Waals surface area (Å²) in [5.74, 6) is 0. The zero-order valence-corrected chi connectivity index (χ0v) is 11.9. The second-order valence-electron chi connectivity index (χ2n) is 5.49. The van der Waals surface area contributed by atoms with Crippen LogP contribution in [-0.2, 0) is 6.54 Å². The Morgan fingerprint density at radius 2 is 1.75 bits per heavy atom. The summed E-state index contributed by atoms with van der Waals surface area (Å²) in [6.07, 6.45) is 7.33. The summed E-state index contributed by atoms with van der Waals surface area (Å²) < 4.78 is 1.96. The molecule has 0 saturated carbocycles. The lowest BCUT2D eigenvalue weighted by atomic mass is 10.1. The Morgan fingerprint density at radius 3 is 2.55 bits per heavy atom. The number of piperidine rings is 1. The maximum Gasteiger partial charge on any atom is 0.113 e. The quantitative estimate of drug-likeness (QED) is 0.838. The molecule has 0 aliphatic carbocycles. The summed E-state index contributed by atoms with van der Waals surface area (Å²) in [5.41, 5.74) is 2.10. The lowest BCUT2D eigenvalue weighted by Crippen LogP contribution is -2.31. The van der Waals surface area contributed by atoms with Crippen molar-refractivity contribution in [3.05, 3.63) is 36.5 Å². The first-order valence-corrected chi connectivity index (χ1v) is 7.60. The molecule has 4 heteroatoms. The maximum absolute atomic E-state index is 4.25. The van der Waals surface area contributed by atoms with Crippen molar-refractivity contribution in [2.45, 2.75) is 32.2 Å². The van der Waals surface area contributed by atoms with Gasteiger partial charge < -0.3 is 4.90 Å². The number of hydrogen-bond acceptors (Lipinski definition) is 3. The summed E-state index contributed by atoms with van der Waals surface area (Å²) in [4.78, 5) is 2.57. The minimum atomic E-state index is 0.955. The van der Waals surface area contributed by atoms with Crippen molar-refractivity contribution in [3.8, 4) is 11.3 Å². The highest BCUT2D eigenvalue weighted by Gasteiger charge is 2.09. The molecule has 1 aromatic carbocycles. The molecular weight excluding hydrogens is 248 g/mol. The van der Waals surface area contributed by atoms with E-state index in [4.69, 9.17) is 0 Å². The molecule has 106 valence electrons. The van der Waals surface area contributed by atoms with Gasteiger partial charge >= 0.3 is 0 Å². The van der Waals surface area contributed by atoms with Gasteiger partial charge in [0.25, 0.3) is 0 Å². The van der Waals surface area contributed by atoms with E-state index in [1.165, 1.54) is 38.9 Å². The van der Waals surface area contributed by atoms with Crippen LogP contribution in [0.15, 0.2) is 36.5 Å². The number of aromatic nitrogens is 3. The van der Waals surface area contributed by atoms with Gasteiger partial charge in [0.15, 0.2) is 0 Å². The highest BCUT2D eigenvalue weighted by Crippen LogP contribution is 2.15. The van der Waals surface area contributed by atoms with E-state index < -0.39 is 0 Å². The van der Waals surface area contributed by atoms with Crippen molar-refractivity contribution in [1.82, 2.24) is 19.9 Å². The molecule has 1 aliphatic heterocycles. The van der Waals surface area contributed by atoms with Crippen molar-refractivity contribution in [2.24, 2.45) is 0 Å². The van der Waals surface area contributed by atoms with Gasteiger partial charge in [-0.15, -0.1) is 5.10 Å². The molecule has 2 heterocycles. The van der Waals surface area contributed by atoms with Gasteiger partial charge in [0, 0.05) is 12.1 Å². The van der Waals surface area contributed by atoms with Crippen LogP contribution in [0.4, 0.5) is 0 Å². The summed E-state index contributed by atoms with van der Waals surface area (Å²) in [6, 6.07) is 10.2. The molecule has 0 amide bonds. The van der Waals surface area contributed by atoms with Crippen LogP contribution in [0.5, 0.6) is 0 Å². The first kappa shape index (κ1) is 13.3. The van der Waals surface area contributed by atoms with Gasteiger partial charge in [-0.3, -0.25) is 4.68 Å². The molecule has 1 fully saturated rings. The summed E-state index contributed by atoms with van der Waals surface area (Å²) in [7, 11) is 0. The largest absolute Gasteiger partial charge is 0.303 e. The SMILES string of the molecule is c1ccc(-c2cn(CCCN3CCCCC3)nn2)cc1. The molecule has 1 aromatic heterocycles. The minimum absolute atomic E-state index is 0.955. The fourth-order valence-electron chi connectivity index (χ4n) is 2.79. The molecule has 0 radical (unpaired) electrons. The van der Waals surface area contributed by atoms with E-state index in [9.17, 15) is 0 Å². The molecule has 0 N–H and O–H groups in total. The Labute approximate surface area is 120 Å². The molecule has 2 aromatic rings. The fourth-order valence-corrected chi connectivity index (χ4v) is 2.79. The van der Waals surface area contributed by atoms with Crippen LogP contribution in [0.1, 0.15) is 25.7 Å². The van der Waals surface area contributed by atoms with E-state index in [1.807, 2.05) is 29.1 Å². The van der Waals surface area contributed by atoms with Crippen molar-refractivity contribution < 1.29 is 0 Å². The van der Waals surface area contributed by atoms with Gasteiger partial charge in [-0.25, -0.2) is 0 Å². The zero-order valence-electron chi connectivity index (χ0n) is 11.9. The van der Waals surface area contributed by atoms with Crippen LogP contribution in [0.2, 0.25) is 0 Å². The van der Waals surface area contributed by atoms with Crippen LogP contribution in [0.25, 0.3) is 11.3 Å². The molecule has 3 rings (SSSR count). The van der Waals surface area contributed by atoms with Gasteiger partial charge in [-0.05, 0) is 38.9 Å². The number of nitrogens with zero attached hydrogens (tertiary/aromatic N) is 4. The van der Waals surface area contributed by atoms with Crippen LogP contribution in [0.3, 0.4) is 0 Å². The lowest BCUT2D eigenvalue weighted by molar-refractivity contribution is 0.221. The third kappa shape index (κ3) is 3.45. The molecular formula is C16H22N4. The van der Waals surface area contributed by atoms with Crippen molar-refractivity contribution in [1.29, 1.82) is 0 Å². The van der Waals surface area contributed by atoms with E-state index in [0.29, 0.717) is 0 Å². The average molecular weight is 270 g/mol. The summed E-state index contributed by atoms with van der Waals surface area (Å²) in [5, 5.41) is 8.47. The standard InChI is InChI=1S/C16H22N4/c1-3-8-15(9-4-1)16-14-20(18-17-16)13-7-12-19-10-5-2-6-11-19/h1,3-4,8-9,14H,2,5-7,10-13H2. The molecule has 4 nitrogen and oxygen atoms in total. The Morgan fingerprint density at radius 1 is 0.950 bits per heavy atom. The van der Waals surface area contributed by atoms with Crippen LogP contribution >= 0.6 is 0 Å². The van der Waals surface area contributed by atoms with Crippen molar-refractivity contribution in [3.63, 3.8) is 0 Å². The fraction of sp³-hybridized carbons (Fsp3) is 0.500. The number of rotatable bonds is 5. The van der Waals surface area contributed by atoms with E-state index in [0.717, 1.165) is 24.2 Å². The maximum atomic E-state index is 4.25. The second-order valence-corrected chi connectivity index (χ2v) is 5.49. The smallest absolute Gasteiger partial charge is 0.113 e. The highest BCUT2D eigenvalue weighted by molar-refractivity contribution is 5.56. The van der Waals surface area contributed by atoms with Gasteiger partial charge in [-0.2, -0.15) is 0 Å². The van der Waals surface area contributed by atoms with Crippen LogP contribution in [-0.4, -0.2) is 39.5 Å². The summed E-state index contributed by atoms with van der Waals surface area (Å²) >= 11 is 0. The Bertz CT molecular complexity index is 514. The summed E-state index contributed by atoms with van der Waals surface area (Å²) in [6.45, 7) is 4.68. The number of benzene rings is 1. The predicted octanol–water partition coefficient (Wildman–Crippen LogP) is 2.82. The van der Waals surface area contributed by atoms with Gasteiger partial charge in [0.2, 0.25) is 0 Å². The number of hydrogen-bond donors (Lipinski definition) is 0. The normalized spacial score (nSPS) is 16.4. The molecule has 0 atom stereocenters. The lowest BCUT2D eigenvalue weighted by Gasteiger charge is -2.26. The van der Waals surface area contributed by atoms with Crippen molar-refractivity contribution >= 4 is 0 Å². The van der Waals surface area contributed by atoms with Gasteiger partial charge in [0.1, 0.15) is 5.69 Å². The number of likely N-dealkylation sites (tertiary alicyclic amines) is 1. The third-order valence-corrected chi connectivity index (χ3v) is 3.92. The van der Waals surface area contributed by atoms with Crippen molar-refractivity contribution in [2.75, 3.05) is 19.6 Å².